The predicted octanol–water partition coefficient (Wildman–Crippen LogP) is 2.54. The van der Waals surface area contributed by atoms with Gasteiger partial charge in [-0.05, 0) is 25.0 Å². The van der Waals surface area contributed by atoms with Gasteiger partial charge in [0, 0.05) is 6.20 Å². The summed E-state index contributed by atoms with van der Waals surface area (Å²) in [6, 6.07) is 5.66. The fourth-order valence-electron chi connectivity index (χ4n) is 2.76. The topological polar surface area (TPSA) is 80.9 Å². The number of carboxylic acid groups (broad SMARTS) is 1. The van der Waals surface area contributed by atoms with Crippen molar-refractivity contribution < 1.29 is 9.90 Å². The van der Waals surface area contributed by atoms with Gasteiger partial charge in [0.1, 0.15) is 5.69 Å². The van der Waals surface area contributed by atoms with Gasteiger partial charge in [0.2, 0.25) is 0 Å². The number of carbonyl (C=O) groups is 1. The van der Waals surface area contributed by atoms with Crippen LogP contribution in [-0.4, -0.2) is 31.1 Å². The number of carboxylic acids is 1. The molecular formula is C14H16N4O2. The standard InChI is InChI=1S/C14H16N4O2/c19-14(20)12-13(11-8-4-5-9-15-11)18(17-16-12)10-6-2-1-3-7-10/h4-5,8-10H,1-3,6-7H2,(H,19,20). The quantitative estimate of drug-likeness (QED) is 0.928. The average Bonchev–Trinajstić information content (AvgIpc) is 2.94. The molecule has 1 aliphatic rings. The molecule has 2 aromatic heterocycles. The van der Waals surface area contributed by atoms with Gasteiger partial charge in [0.25, 0.3) is 0 Å². The third kappa shape index (κ3) is 2.29. The molecule has 0 atom stereocenters. The molecule has 0 radical (unpaired) electrons. The lowest BCUT2D eigenvalue weighted by molar-refractivity contribution is 0.0691. The van der Waals surface area contributed by atoms with E-state index in [-0.39, 0.29) is 11.7 Å². The molecule has 1 aliphatic carbocycles. The number of nitrogens with zero attached hydrogens (tertiary/aromatic N) is 4. The number of rotatable bonds is 3. The molecule has 0 spiro atoms. The zero-order valence-corrected chi connectivity index (χ0v) is 11.1. The SMILES string of the molecule is O=C(O)c1nnn(C2CCCCC2)c1-c1ccccn1. The molecule has 2 aromatic rings. The first-order valence-electron chi connectivity index (χ1n) is 6.87. The Labute approximate surface area is 116 Å². The van der Waals surface area contributed by atoms with Crippen molar-refractivity contribution >= 4 is 5.97 Å². The fraction of sp³-hybridized carbons (Fsp3) is 0.429. The van der Waals surface area contributed by atoms with Crippen LogP contribution in [0.15, 0.2) is 24.4 Å². The van der Waals surface area contributed by atoms with Crippen molar-refractivity contribution in [2.75, 3.05) is 0 Å². The number of hydrogen-bond donors (Lipinski definition) is 1. The van der Waals surface area contributed by atoms with Gasteiger partial charge in [0.05, 0.1) is 11.7 Å². The number of aromatic nitrogens is 4. The first-order chi connectivity index (χ1) is 9.77. The highest BCUT2D eigenvalue weighted by molar-refractivity contribution is 5.92. The summed E-state index contributed by atoms with van der Waals surface area (Å²) in [5.41, 5.74) is 1.11. The normalized spacial score (nSPS) is 16.2. The average molecular weight is 272 g/mol. The Balaban J connectivity index is 2.08. The molecule has 1 saturated carbocycles. The molecule has 6 nitrogen and oxygen atoms in total. The van der Waals surface area contributed by atoms with Crippen LogP contribution in [0.25, 0.3) is 11.4 Å². The first-order valence-corrected chi connectivity index (χ1v) is 6.87. The van der Waals surface area contributed by atoms with E-state index in [4.69, 9.17) is 0 Å². The summed E-state index contributed by atoms with van der Waals surface area (Å²) in [4.78, 5) is 15.6. The molecule has 0 aliphatic heterocycles. The number of pyridine rings is 1. The fourth-order valence-corrected chi connectivity index (χ4v) is 2.76. The molecule has 0 aromatic carbocycles. The third-order valence-electron chi connectivity index (χ3n) is 3.73. The zero-order valence-electron chi connectivity index (χ0n) is 11.1. The van der Waals surface area contributed by atoms with Crippen molar-refractivity contribution in [1.29, 1.82) is 0 Å². The minimum absolute atomic E-state index is 0.0192. The van der Waals surface area contributed by atoms with Crippen LogP contribution >= 0.6 is 0 Å². The second-order valence-electron chi connectivity index (χ2n) is 5.04. The van der Waals surface area contributed by atoms with E-state index in [0.29, 0.717) is 11.4 Å². The van der Waals surface area contributed by atoms with E-state index in [1.165, 1.54) is 6.42 Å². The van der Waals surface area contributed by atoms with Gasteiger partial charge in [-0.15, -0.1) is 5.10 Å². The van der Waals surface area contributed by atoms with Crippen LogP contribution in [0.2, 0.25) is 0 Å². The lowest BCUT2D eigenvalue weighted by atomic mass is 9.95. The van der Waals surface area contributed by atoms with E-state index in [2.05, 4.69) is 15.3 Å². The third-order valence-corrected chi connectivity index (χ3v) is 3.73. The van der Waals surface area contributed by atoms with Crippen LogP contribution in [-0.2, 0) is 0 Å². The second kappa shape index (κ2) is 5.40. The summed E-state index contributed by atoms with van der Waals surface area (Å²) < 4.78 is 1.75. The van der Waals surface area contributed by atoms with Crippen LogP contribution in [0.4, 0.5) is 0 Å². The lowest BCUT2D eigenvalue weighted by Gasteiger charge is -2.23. The highest BCUT2D eigenvalue weighted by Crippen LogP contribution is 2.32. The summed E-state index contributed by atoms with van der Waals surface area (Å²) in [6.45, 7) is 0. The minimum atomic E-state index is -1.06. The maximum absolute atomic E-state index is 11.3. The van der Waals surface area contributed by atoms with Gasteiger partial charge in [-0.3, -0.25) is 4.98 Å². The van der Waals surface area contributed by atoms with E-state index in [1.807, 2.05) is 6.07 Å². The smallest absolute Gasteiger partial charge is 0.358 e. The molecule has 2 heterocycles. The van der Waals surface area contributed by atoms with Crippen molar-refractivity contribution in [2.45, 2.75) is 38.1 Å². The van der Waals surface area contributed by atoms with Gasteiger partial charge in [-0.2, -0.15) is 0 Å². The monoisotopic (exact) mass is 272 g/mol. The van der Waals surface area contributed by atoms with Gasteiger partial charge < -0.3 is 5.11 Å². The summed E-state index contributed by atoms with van der Waals surface area (Å²) >= 11 is 0. The van der Waals surface area contributed by atoms with Gasteiger partial charge in [-0.25, -0.2) is 9.48 Å². The van der Waals surface area contributed by atoms with Crippen LogP contribution in [0.5, 0.6) is 0 Å². The Bertz CT molecular complexity index is 603. The van der Waals surface area contributed by atoms with E-state index < -0.39 is 5.97 Å². The Morgan fingerprint density at radius 3 is 2.70 bits per heavy atom. The van der Waals surface area contributed by atoms with Gasteiger partial charge in [-0.1, -0.05) is 30.5 Å². The van der Waals surface area contributed by atoms with Crippen molar-refractivity contribution in [1.82, 2.24) is 20.0 Å². The molecule has 0 amide bonds. The Morgan fingerprint density at radius 2 is 2.05 bits per heavy atom. The Morgan fingerprint density at radius 1 is 1.25 bits per heavy atom. The summed E-state index contributed by atoms with van der Waals surface area (Å²) in [5, 5.41) is 17.2. The molecule has 20 heavy (non-hydrogen) atoms. The van der Waals surface area contributed by atoms with E-state index >= 15 is 0 Å². The van der Waals surface area contributed by atoms with Gasteiger partial charge in [0.15, 0.2) is 5.69 Å². The summed E-state index contributed by atoms with van der Waals surface area (Å²) in [6.07, 6.45) is 7.21. The molecule has 1 N–H and O–H groups in total. The van der Waals surface area contributed by atoms with Crippen LogP contribution in [0.3, 0.4) is 0 Å². The molecular weight excluding hydrogens is 256 g/mol. The number of aromatic carboxylic acids is 1. The second-order valence-corrected chi connectivity index (χ2v) is 5.04. The summed E-state index contributed by atoms with van der Waals surface area (Å²) in [5.74, 6) is -1.06. The number of hydrogen-bond acceptors (Lipinski definition) is 4. The van der Waals surface area contributed by atoms with E-state index in [0.717, 1.165) is 25.7 Å². The van der Waals surface area contributed by atoms with Crippen LogP contribution < -0.4 is 0 Å². The van der Waals surface area contributed by atoms with Crippen molar-refractivity contribution in [3.63, 3.8) is 0 Å². The predicted molar refractivity (Wildman–Crippen MR) is 72.3 cm³/mol. The highest BCUT2D eigenvalue weighted by atomic mass is 16.4. The van der Waals surface area contributed by atoms with E-state index in [1.54, 1.807) is 23.0 Å². The minimum Gasteiger partial charge on any atom is -0.476 e. The maximum Gasteiger partial charge on any atom is 0.358 e. The van der Waals surface area contributed by atoms with Gasteiger partial charge >= 0.3 is 5.97 Å². The molecule has 6 heteroatoms. The zero-order chi connectivity index (χ0) is 13.9. The van der Waals surface area contributed by atoms with Crippen LogP contribution in [0, 0.1) is 0 Å². The molecule has 0 saturated heterocycles. The van der Waals surface area contributed by atoms with Crippen molar-refractivity contribution in [3.05, 3.63) is 30.1 Å². The van der Waals surface area contributed by atoms with Crippen molar-refractivity contribution in [2.24, 2.45) is 0 Å². The van der Waals surface area contributed by atoms with Crippen molar-refractivity contribution in [3.8, 4) is 11.4 Å². The highest BCUT2D eigenvalue weighted by Gasteiger charge is 2.26. The molecule has 3 rings (SSSR count). The van der Waals surface area contributed by atoms with Crippen LogP contribution in [0.1, 0.15) is 48.6 Å². The summed E-state index contributed by atoms with van der Waals surface area (Å²) in [7, 11) is 0. The van der Waals surface area contributed by atoms with E-state index in [9.17, 15) is 9.90 Å². The molecule has 1 fully saturated rings. The Kier molecular flexibility index (Phi) is 3.45. The molecule has 104 valence electrons. The first kappa shape index (κ1) is 12.8. The molecule has 0 unspecified atom stereocenters. The molecule has 0 bridgehead atoms. The Hall–Kier alpha value is -2.24. The maximum atomic E-state index is 11.3. The largest absolute Gasteiger partial charge is 0.476 e. The lowest BCUT2D eigenvalue weighted by Crippen LogP contribution is -2.16.